The summed E-state index contributed by atoms with van der Waals surface area (Å²) in [6.07, 6.45) is 0.301. The van der Waals surface area contributed by atoms with Crippen LogP contribution in [0.3, 0.4) is 0 Å². The molecule has 0 aliphatic heterocycles. The molecule has 0 spiro atoms. The van der Waals surface area contributed by atoms with Gasteiger partial charge in [0.15, 0.2) is 0 Å². The van der Waals surface area contributed by atoms with Crippen LogP contribution in [0.2, 0.25) is 0 Å². The van der Waals surface area contributed by atoms with Crippen LogP contribution in [0.15, 0.2) is 35.7 Å². The van der Waals surface area contributed by atoms with Gasteiger partial charge in [0.25, 0.3) is 0 Å². The summed E-state index contributed by atoms with van der Waals surface area (Å²) in [4.78, 5) is 12.3. The summed E-state index contributed by atoms with van der Waals surface area (Å²) in [6, 6.07) is 4.09. The van der Waals surface area contributed by atoms with Crippen LogP contribution >= 0.6 is 0 Å². The van der Waals surface area contributed by atoms with Gasteiger partial charge in [0.05, 0.1) is 0 Å². The number of halogens is 1. The third kappa shape index (κ3) is 5.51. The van der Waals surface area contributed by atoms with E-state index >= 15 is 0 Å². The van der Waals surface area contributed by atoms with Gasteiger partial charge in [-0.2, -0.15) is 0 Å². The van der Waals surface area contributed by atoms with E-state index in [1.165, 1.54) is 0 Å². The van der Waals surface area contributed by atoms with Crippen LogP contribution in [-0.4, -0.2) is 17.1 Å². The molecule has 25 heavy (non-hydrogen) atoms. The zero-order chi connectivity index (χ0) is 19.1. The van der Waals surface area contributed by atoms with Crippen LogP contribution in [0.4, 0.5) is 4.39 Å². The molecule has 0 N–H and O–H groups in total. The molecule has 1 aromatic carbocycles. The number of aryl methyl sites for hydroxylation is 2. The number of allylic oxidation sites excluding steroid dienone is 1. The molecule has 0 saturated heterocycles. The number of esters is 1. The van der Waals surface area contributed by atoms with Crippen LogP contribution in [0, 0.1) is 32.6 Å². The molecule has 0 fully saturated rings. The molecule has 1 rings (SSSR count). The summed E-state index contributed by atoms with van der Waals surface area (Å²) in [6.45, 7) is 12.7. The number of ether oxygens (including phenoxy) is 1. The molecule has 4 heteroatoms. The molecule has 0 aliphatic carbocycles. The fraction of sp³-hybridized carbons (Fsp3) is 0.333. The van der Waals surface area contributed by atoms with Crippen LogP contribution < -0.4 is 0 Å². The van der Waals surface area contributed by atoms with Gasteiger partial charge in [0, 0.05) is 0 Å². The molecule has 136 valence electrons. The molecule has 2 nitrogen and oxygen atoms in total. The van der Waals surface area contributed by atoms with Gasteiger partial charge in [-0.1, -0.05) is 0 Å². The van der Waals surface area contributed by atoms with Crippen molar-refractivity contribution in [1.29, 1.82) is 0 Å². The number of benzene rings is 1. The van der Waals surface area contributed by atoms with Crippen molar-refractivity contribution in [2.75, 3.05) is 6.61 Å². The maximum absolute atomic E-state index is 14.1. The van der Waals surface area contributed by atoms with Crippen LogP contribution in [0.1, 0.15) is 36.1 Å². The molecule has 0 bridgehead atoms. The third-order valence-electron chi connectivity index (χ3n) is 3.81. The molecule has 0 amide bonds. The Labute approximate surface area is 157 Å². The normalized spacial score (nSPS) is 11.2. The van der Waals surface area contributed by atoms with E-state index in [1.807, 2.05) is 26.8 Å². The van der Waals surface area contributed by atoms with Crippen molar-refractivity contribution in [2.45, 2.75) is 41.0 Å². The molecule has 0 heterocycles. The topological polar surface area (TPSA) is 26.3 Å². The number of hydrogen-bond acceptors (Lipinski definition) is 2. The summed E-state index contributed by atoms with van der Waals surface area (Å²) in [5.41, 5.74) is 4.40. The molecule has 0 saturated carbocycles. The van der Waals surface area contributed by atoms with E-state index in [2.05, 4.69) is 24.5 Å². The van der Waals surface area contributed by atoms with Crippen LogP contribution in [0.5, 0.6) is 0 Å². The summed E-state index contributed by atoms with van der Waals surface area (Å²) in [5.74, 6) is 3.87. The summed E-state index contributed by atoms with van der Waals surface area (Å²) < 4.78 is 19.4. The molecule has 0 radical (unpaired) electrons. The first-order valence-corrected chi connectivity index (χ1v) is 8.46. The Morgan fingerprint density at radius 3 is 2.48 bits per heavy atom. The SMILES string of the molecule is C=C(F)/C(C(=O)OCC)=C(/Cc1cc(C)cc(C)c1C)[C](=[Ni])C#CC. The Bertz CT molecular complexity index is 807. The maximum atomic E-state index is 14.1. The van der Waals surface area contributed by atoms with Crippen molar-refractivity contribution in [3.05, 3.63) is 57.9 Å². The summed E-state index contributed by atoms with van der Waals surface area (Å²) in [5, 5.41) is 0. The zero-order valence-electron chi connectivity index (χ0n) is 15.3. The van der Waals surface area contributed by atoms with Gasteiger partial charge in [0.2, 0.25) is 0 Å². The first-order chi connectivity index (χ1) is 11.7. The van der Waals surface area contributed by atoms with E-state index in [-0.39, 0.29) is 16.7 Å². The first kappa shape index (κ1) is 21.1. The fourth-order valence-corrected chi connectivity index (χ4v) is 2.88. The van der Waals surface area contributed by atoms with Crippen molar-refractivity contribution in [3.8, 4) is 11.8 Å². The van der Waals surface area contributed by atoms with E-state index in [4.69, 9.17) is 19.8 Å². The van der Waals surface area contributed by atoms with Gasteiger partial charge in [-0.15, -0.1) is 0 Å². The van der Waals surface area contributed by atoms with Gasteiger partial charge in [-0.25, -0.2) is 0 Å². The van der Waals surface area contributed by atoms with E-state index in [0.717, 1.165) is 22.3 Å². The minimum atomic E-state index is -0.858. The Morgan fingerprint density at radius 2 is 1.96 bits per heavy atom. The second-order valence-electron chi connectivity index (χ2n) is 5.68. The average molecular weight is 385 g/mol. The molecular weight excluding hydrogens is 362 g/mol. The first-order valence-electron chi connectivity index (χ1n) is 7.97. The fourth-order valence-electron chi connectivity index (χ4n) is 2.54. The summed E-state index contributed by atoms with van der Waals surface area (Å²) >= 11 is 4.98. The Hall–Kier alpha value is -1.98. The van der Waals surface area contributed by atoms with Crippen molar-refractivity contribution >= 4 is 10.5 Å². The second kappa shape index (κ2) is 9.49. The van der Waals surface area contributed by atoms with Crippen molar-refractivity contribution in [2.24, 2.45) is 0 Å². The molecular formula is C21H23FNiO2. The molecule has 0 aromatic heterocycles. The Morgan fingerprint density at radius 1 is 1.32 bits per heavy atom. The van der Waals surface area contributed by atoms with Gasteiger partial charge in [0.1, 0.15) is 0 Å². The van der Waals surface area contributed by atoms with Crippen molar-refractivity contribution in [3.63, 3.8) is 0 Å². The monoisotopic (exact) mass is 384 g/mol. The second-order valence-corrected chi connectivity index (χ2v) is 6.17. The van der Waals surface area contributed by atoms with Gasteiger partial charge in [-0.05, 0) is 0 Å². The third-order valence-corrected chi connectivity index (χ3v) is 4.23. The molecule has 0 atom stereocenters. The quantitative estimate of drug-likeness (QED) is 0.241. The van der Waals surface area contributed by atoms with E-state index in [9.17, 15) is 9.18 Å². The Kier molecular flexibility index (Phi) is 8.00. The minimum absolute atomic E-state index is 0.140. The predicted molar refractivity (Wildman–Crippen MR) is 96.7 cm³/mol. The van der Waals surface area contributed by atoms with E-state index in [0.29, 0.717) is 12.0 Å². The van der Waals surface area contributed by atoms with E-state index < -0.39 is 11.8 Å². The van der Waals surface area contributed by atoms with Gasteiger partial charge < -0.3 is 0 Å². The zero-order valence-corrected chi connectivity index (χ0v) is 16.3. The van der Waals surface area contributed by atoms with Crippen molar-refractivity contribution < 1.29 is 29.0 Å². The van der Waals surface area contributed by atoms with E-state index in [1.54, 1.807) is 13.8 Å². The number of rotatable bonds is 6. The summed E-state index contributed by atoms with van der Waals surface area (Å²) in [7, 11) is 0. The average Bonchev–Trinajstić information content (AvgIpc) is 2.51. The molecule has 0 unspecified atom stereocenters. The number of carbonyl (C=O) groups is 1. The molecule has 1 aromatic rings. The van der Waals surface area contributed by atoms with Crippen LogP contribution in [0.25, 0.3) is 0 Å². The Balaban J connectivity index is 3.60. The van der Waals surface area contributed by atoms with Crippen molar-refractivity contribution in [1.82, 2.24) is 0 Å². The standard InChI is InChI=1S/C21H23FO2.Ni/c1-7-9-10-18(20(17(6)22)21(23)24-8-2)13-19-12-14(3)11-15(4)16(19)5;/h11-12H,6,8,13H2,1-5H3;/b20-18-;. The number of carbonyl (C=O) groups excluding carboxylic acids is 1. The van der Waals surface area contributed by atoms with Gasteiger partial charge >= 0.3 is 157 Å². The predicted octanol–water partition coefficient (Wildman–Crippen LogP) is 4.24. The number of hydrogen-bond donors (Lipinski definition) is 0. The molecule has 0 aliphatic rings. The van der Waals surface area contributed by atoms with Crippen LogP contribution in [-0.2, 0) is 31.0 Å². The van der Waals surface area contributed by atoms with Gasteiger partial charge in [-0.3, -0.25) is 0 Å².